The predicted octanol–water partition coefficient (Wildman–Crippen LogP) is 23.8. The van der Waals surface area contributed by atoms with Crippen molar-refractivity contribution in [3.63, 3.8) is 0 Å². The molecule has 0 N–H and O–H groups in total. The number of allylic oxidation sites excluding steroid dienone is 18. The van der Waals surface area contributed by atoms with Crippen molar-refractivity contribution in [3.8, 4) is 0 Å². The fourth-order valence-corrected chi connectivity index (χ4v) is 9.58. The van der Waals surface area contributed by atoms with E-state index >= 15 is 0 Å². The molecule has 0 aliphatic heterocycles. The summed E-state index contributed by atoms with van der Waals surface area (Å²) in [6.07, 6.45) is 93.9. The molecule has 0 heterocycles. The van der Waals surface area contributed by atoms with Gasteiger partial charge in [0, 0.05) is 19.3 Å². The molecular weight excluding hydrogens is 997 g/mol. The van der Waals surface area contributed by atoms with E-state index in [1.165, 1.54) is 173 Å². The van der Waals surface area contributed by atoms with Gasteiger partial charge in [0.15, 0.2) is 6.10 Å². The van der Waals surface area contributed by atoms with Crippen molar-refractivity contribution in [1.82, 2.24) is 0 Å². The van der Waals surface area contributed by atoms with Gasteiger partial charge in [-0.05, 0) is 122 Å². The summed E-state index contributed by atoms with van der Waals surface area (Å²) in [6, 6.07) is 0. The van der Waals surface area contributed by atoms with Crippen LogP contribution in [0.4, 0.5) is 0 Å². The van der Waals surface area contributed by atoms with Crippen LogP contribution in [0.3, 0.4) is 0 Å². The van der Waals surface area contributed by atoms with Gasteiger partial charge in [-0.25, -0.2) is 0 Å². The van der Waals surface area contributed by atoms with Gasteiger partial charge >= 0.3 is 17.9 Å². The number of rotatable bonds is 62. The lowest BCUT2D eigenvalue weighted by Gasteiger charge is -2.18. The van der Waals surface area contributed by atoms with E-state index in [0.717, 1.165) is 116 Å². The van der Waals surface area contributed by atoms with Crippen molar-refractivity contribution in [1.29, 1.82) is 0 Å². The summed E-state index contributed by atoms with van der Waals surface area (Å²) in [5.41, 5.74) is 0. The lowest BCUT2D eigenvalue weighted by Crippen LogP contribution is -2.30. The zero-order chi connectivity index (χ0) is 58.5. The highest BCUT2D eigenvalue weighted by Gasteiger charge is 2.19. The Morgan fingerprint density at radius 1 is 0.259 bits per heavy atom. The number of carbonyl (C=O) groups excluding carboxylic acids is 3. The summed E-state index contributed by atoms with van der Waals surface area (Å²) >= 11 is 0. The molecule has 0 rings (SSSR count). The first-order valence-electron chi connectivity index (χ1n) is 34.4. The molecule has 464 valence electrons. The molecule has 0 aliphatic carbocycles. The molecule has 1 unspecified atom stereocenters. The van der Waals surface area contributed by atoms with Gasteiger partial charge in [0.25, 0.3) is 0 Å². The second-order valence-corrected chi connectivity index (χ2v) is 22.7. The average Bonchev–Trinajstić information content (AvgIpc) is 3.47. The third kappa shape index (κ3) is 66.8. The molecule has 0 fully saturated rings. The van der Waals surface area contributed by atoms with Crippen LogP contribution in [-0.4, -0.2) is 37.2 Å². The first-order valence-corrected chi connectivity index (χ1v) is 34.4. The van der Waals surface area contributed by atoms with Crippen LogP contribution in [0.25, 0.3) is 0 Å². The fourth-order valence-electron chi connectivity index (χ4n) is 9.58. The molecule has 81 heavy (non-hydrogen) atoms. The highest BCUT2D eigenvalue weighted by Crippen LogP contribution is 2.16. The van der Waals surface area contributed by atoms with E-state index in [-0.39, 0.29) is 31.1 Å². The minimum atomic E-state index is -0.788. The standard InChI is InChI=1S/C75H128O6/c1-4-7-10-13-16-19-22-24-26-28-30-32-34-36-37-39-40-42-44-46-48-50-53-56-59-62-65-68-74(77)80-71-72(70-79-73(76)67-64-61-58-55-52-21-18-15-12-9-6-3)81-75(78)69-66-63-60-57-54-51-49-47-45-43-41-38-35-33-31-29-27-25-23-20-17-14-11-8-5-2/h7,10,15-16,18-19,23-26,29-32,36-37,40,42,72H,4-6,8-9,11-14,17,20-22,27-28,33-35,38-39,41,43-71H2,1-3H3/b10-7-,18-15-,19-16-,25-23-,26-24-,31-29-,32-30-,37-36-,42-40-. The van der Waals surface area contributed by atoms with E-state index in [1.807, 2.05) is 0 Å². The maximum Gasteiger partial charge on any atom is 0.306 e. The highest BCUT2D eigenvalue weighted by atomic mass is 16.6. The second-order valence-electron chi connectivity index (χ2n) is 22.7. The van der Waals surface area contributed by atoms with Crippen molar-refractivity contribution < 1.29 is 28.6 Å². The summed E-state index contributed by atoms with van der Waals surface area (Å²) in [4.78, 5) is 38.4. The van der Waals surface area contributed by atoms with E-state index < -0.39 is 6.10 Å². The zero-order valence-electron chi connectivity index (χ0n) is 53.3. The van der Waals surface area contributed by atoms with Crippen molar-refractivity contribution in [2.45, 2.75) is 335 Å². The van der Waals surface area contributed by atoms with Crippen LogP contribution in [0.2, 0.25) is 0 Å². The summed E-state index contributed by atoms with van der Waals surface area (Å²) in [6.45, 7) is 6.49. The average molecular weight is 1130 g/mol. The van der Waals surface area contributed by atoms with Crippen molar-refractivity contribution in [2.75, 3.05) is 13.2 Å². The van der Waals surface area contributed by atoms with Gasteiger partial charge < -0.3 is 14.2 Å². The van der Waals surface area contributed by atoms with E-state index in [2.05, 4.69) is 130 Å². The monoisotopic (exact) mass is 1120 g/mol. The molecule has 0 aliphatic rings. The van der Waals surface area contributed by atoms with Crippen molar-refractivity contribution in [2.24, 2.45) is 0 Å². The predicted molar refractivity (Wildman–Crippen MR) is 353 cm³/mol. The molecule has 0 radical (unpaired) electrons. The molecule has 6 heteroatoms. The van der Waals surface area contributed by atoms with E-state index in [9.17, 15) is 14.4 Å². The molecule has 1 atom stereocenters. The Kier molecular flexibility index (Phi) is 65.2. The van der Waals surface area contributed by atoms with Gasteiger partial charge in [0.2, 0.25) is 0 Å². The third-order valence-corrected chi connectivity index (χ3v) is 14.7. The van der Waals surface area contributed by atoms with Gasteiger partial charge in [0.05, 0.1) is 0 Å². The van der Waals surface area contributed by atoms with Gasteiger partial charge in [-0.3, -0.25) is 14.4 Å². The van der Waals surface area contributed by atoms with Crippen LogP contribution in [-0.2, 0) is 28.6 Å². The van der Waals surface area contributed by atoms with Gasteiger partial charge in [-0.2, -0.15) is 0 Å². The minimum absolute atomic E-state index is 0.0845. The molecule has 0 saturated carbocycles. The van der Waals surface area contributed by atoms with Crippen LogP contribution in [0.1, 0.15) is 329 Å². The number of hydrogen-bond donors (Lipinski definition) is 0. The Balaban J connectivity index is 4.27. The molecule has 0 aromatic carbocycles. The first kappa shape index (κ1) is 77.1. The van der Waals surface area contributed by atoms with Crippen LogP contribution >= 0.6 is 0 Å². The fraction of sp³-hybridized carbons (Fsp3) is 0.720. The highest BCUT2D eigenvalue weighted by molar-refractivity contribution is 5.71. The molecule has 0 aromatic rings. The first-order chi connectivity index (χ1) is 40.0. The van der Waals surface area contributed by atoms with Crippen LogP contribution < -0.4 is 0 Å². The number of ether oxygens (including phenoxy) is 3. The molecule has 0 bridgehead atoms. The van der Waals surface area contributed by atoms with Crippen LogP contribution in [0.15, 0.2) is 109 Å². The molecule has 0 spiro atoms. The number of unbranched alkanes of at least 4 members (excludes halogenated alkanes) is 33. The van der Waals surface area contributed by atoms with E-state index in [4.69, 9.17) is 14.2 Å². The van der Waals surface area contributed by atoms with Gasteiger partial charge in [-0.15, -0.1) is 0 Å². The largest absolute Gasteiger partial charge is 0.462 e. The van der Waals surface area contributed by atoms with Crippen molar-refractivity contribution >= 4 is 17.9 Å². The Bertz CT molecular complexity index is 1620. The van der Waals surface area contributed by atoms with Gasteiger partial charge in [-0.1, -0.05) is 297 Å². The number of carbonyl (C=O) groups is 3. The number of hydrogen-bond acceptors (Lipinski definition) is 6. The van der Waals surface area contributed by atoms with E-state index in [0.29, 0.717) is 19.3 Å². The number of esters is 3. The molecular formula is C75H128O6. The zero-order valence-corrected chi connectivity index (χ0v) is 53.3. The molecule has 0 saturated heterocycles. The molecule has 0 aromatic heterocycles. The lowest BCUT2D eigenvalue weighted by molar-refractivity contribution is -0.167. The minimum Gasteiger partial charge on any atom is -0.462 e. The summed E-state index contributed by atoms with van der Waals surface area (Å²) < 4.78 is 16.9. The Hall–Kier alpha value is -3.93. The van der Waals surface area contributed by atoms with Crippen molar-refractivity contribution in [3.05, 3.63) is 109 Å². The second kappa shape index (κ2) is 68.6. The Morgan fingerprint density at radius 3 is 0.802 bits per heavy atom. The summed E-state index contributed by atoms with van der Waals surface area (Å²) in [7, 11) is 0. The lowest BCUT2D eigenvalue weighted by atomic mass is 10.0. The third-order valence-electron chi connectivity index (χ3n) is 14.7. The summed E-state index contributed by atoms with van der Waals surface area (Å²) in [5, 5.41) is 0. The summed E-state index contributed by atoms with van der Waals surface area (Å²) in [5.74, 6) is -0.892. The normalized spacial score (nSPS) is 12.8. The van der Waals surface area contributed by atoms with Gasteiger partial charge in [0.1, 0.15) is 13.2 Å². The molecule has 6 nitrogen and oxygen atoms in total. The van der Waals surface area contributed by atoms with Crippen LogP contribution in [0, 0.1) is 0 Å². The maximum atomic E-state index is 12.9. The smallest absolute Gasteiger partial charge is 0.306 e. The molecule has 0 amide bonds. The Labute approximate surface area is 501 Å². The topological polar surface area (TPSA) is 78.9 Å². The van der Waals surface area contributed by atoms with E-state index in [1.54, 1.807) is 0 Å². The Morgan fingerprint density at radius 2 is 0.494 bits per heavy atom. The SMILES string of the molecule is CC/C=C\C/C=C\C/C=C\C/C=C\C/C=C\C/C=C\CCCCCCCCCCC(=O)OCC(COC(=O)CCCCCCC/C=C\CCCC)OC(=O)CCCCCCCCCCCCCCC/C=C\C/C=C\CCCCCCC. The van der Waals surface area contributed by atoms with Crippen LogP contribution in [0.5, 0.6) is 0 Å². The maximum absolute atomic E-state index is 12.9. The quantitative estimate of drug-likeness (QED) is 0.0261.